The van der Waals surface area contributed by atoms with Crippen molar-refractivity contribution >= 4 is 5.91 Å². The van der Waals surface area contributed by atoms with E-state index in [-0.39, 0.29) is 22.7 Å². The predicted octanol–water partition coefficient (Wildman–Crippen LogP) is 3.05. The highest BCUT2D eigenvalue weighted by molar-refractivity contribution is 5.84. The van der Waals surface area contributed by atoms with Crippen LogP contribution in [0.25, 0.3) is 0 Å². The Hall–Kier alpha value is -1.82. The van der Waals surface area contributed by atoms with Crippen LogP contribution in [0.5, 0.6) is 0 Å². The molecule has 1 atom stereocenters. The van der Waals surface area contributed by atoms with Gasteiger partial charge in [0.25, 0.3) is 0 Å². The highest BCUT2D eigenvalue weighted by Crippen LogP contribution is 2.68. The number of hydrogen-bond donors (Lipinski definition) is 1. The summed E-state index contributed by atoms with van der Waals surface area (Å²) < 4.78 is 0. The van der Waals surface area contributed by atoms with Gasteiger partial charge in [0.05, 0.1) is 6.07 Å². The molecule has 0 aromatic heterocycles. The van der Waals surface area contributed by atoms with Gasteiger partial charge in [-0.3, -0.25) is 4.79 Å². The number of benzene rings is 1. The van der Waals surface area contributed by atoms with Crippen molar-refractivity contribution in [2.75, 3.05) is 0 Å². The summed E-state index contributed by atoms with van der Waals surface area (Å²) in [6, 6.07) is 10.9. The Morgan fingerprint density at radius 1 is 1.21 bits per heavy atom. The summed E-state index contributed by atoms with van der Waals surface area (Å²) in [5.74, 6) is -0.0510. The van der Waals surface area contributed by atoms with Crippen LogP contribution in [0.1, 0.15) is 39.3 Å². The van der Waals surface area contributed by atoms with Crippen LogP contribution in [0, 0.1) is 28.1 Å². The van der Waals surface area contributed by atoms with Crippen LogP contribution >= 0.6 is 0 Å². The van der Waals surface area contributed by atoms with Crippen LogP contribution in [-0.2, 0) is 4.79 Å². The number of nitrogens with zero attached hydrogens (tertiary/aromatic N) is 1. The Morgan fingerprint density at radius 2 is 1.74 bits per heavy atom. The third-order valence-electron chi connectivity index (χ3n) is 4.83. The second kappa shape index (κ2) is 4.38. The number of rotatable bonds is 3. The maximum Gasteiger partial charge on any atom is 0.225 e. The summed E-state index contributed by atoms with van der Waals surface area (Å²) >= 11 is 0. The molecule has 0 spiro atoms. The Labute approximate surface area is 114 Å². The Morgan fingerprint density at radius 3 is 2.16 bits per heavy atom. The van der Waals surface area contributed by atoms with Crippen LogP contribution in [0.3, 0.4) is 0 Å². The third-order valence-corrected chi connectivity index (χ3v) is 4.83. The number of nitrogens with one attached hydrogen (secondary N) is 1. The first-order chi connectivity index (χ1) is 8.82. The molecule has 1 aliphatic carbocycles. The lowest BCUT2D eigenvalue weighted by Crippen LogP contribution is -2.30. The average molecular weight is 256 g/mol. The molecule has 0 aliphatic heterocycles. The Bertz CT molecular complexity index is 511. The second-order valence-electron chi connectivity index (χ2n) is 6.36. The fourth-order valence-corrected chi connectivity index (χ4v) is 2.91. The fraction of sp³-hybridized carbons (Fsp3) is 0.500. The first-order valence-electron chi connectivity index (χ1n) is 6.57. The molecular formula is C16H20N2O. The molecule has 1 aromatic rings. The van der Waals surface area contributed by atoms with E-state index < -0.39 is 6.04 Å². The molecule has 0 bridgehead atoms. The number of amides is 1. The van der Waals surface area contributed by atoms with Gasteiger partial charge in [-0.1, -0.05) is 58.0 Å². The molecule has 3 nitrogen and oxygen atoms in total. The number of carbonyl (C=O) groups excluding carboxylic acids is 1. The molecular weight excluding hydrogens is 236 g/mol. The molecule has 2 rings (SSSR count). The maximum absolute atomic E-state index is 12.3. The van der Waals surface area contributed by atoms with Gasteiger partial charge < -0.3 is 5.32 Å². The van der Waals surface area contributed by atoms with E-state index >= 15 is 0 Å². The summed E-state index contributed by atoms with van der Waals surface area (Å²) in [7, 11) is 0. The minimum atomic E-state index is -0.569. The summed E-state index contributed by atoms with van der Waals surface area (Å²) in [5, 5.41) is 12.1. The average Bonchev–Trinajstić information content (AvgIpc) is 2.77. The van der Waals surface area contributed by atoms with E-state index in [0.29, 0.717) is 0 Å². The molecule has 1 aromatic carbocycles. The molecule has 1 aliphatic rings. The zero-order valence-electron chi connectivity index (χ0n) is 11.9. The Kier molecular flexibility index (Phi) is 3.14. The molecule has 1 fully saturated rings. The highest BCUT2D eigenvalue weighted by atomic mass is 16.2. The van der Waals surface area contributed by atoms with Gasteiger partial charge in [0.15, 0.2) is 0 Å². The first kappa shape index (κ1) is 13.6. The smallest absolute Gasteiger partial charge is 0.225 e. The maximum atomic E-state index is 12.3. The summed E-state index contributed by atoms with van der Waals surface area (Å²) in [6.45, 7) is 8.39. The minimum absolute atomic E-state index is 0.00617. The van der Waals surface area contributed by atoms with Crippen molar-refractivity contribution in [2.24, 2.45) is 16.7 Å². The molecule has 0 heterocycles. The minimum Gasteiger partial charge on any atom is -0.336 e. The van der Waals surface area contributed by atoms with E-state index in [0.717, 1.165) is 5.56 Å². The predicted molar refractivity (Wildman–Crippen MR) is 74.0 cm³/mol. The SMILES string of the molecule is CC1(C)C(C(=O)NC(C#N)c2ccccc2)C1(C)C. The molecule has 0 radical (unpaired) electrons. The van der Waals surface area contributed by atoms with Crippen LogP contribution in [0.4, 0.5) is 0 Å². The van der Waals surface area contributed by atoms with E-state index in [4.69, 9.17) is 0 Å². The molecule has 1 N–H and O–H groups in total. The standard InChI is InChI=1S/C16H20N2O/c1-15(2)13(16(15,3)4)14(19)18-12(10-17)11-8-6-5-7-9-11/h5-9,12-13H,1-4H3,(H,18,19). The second-order valence-corrected chi connectivity index (χ2v) is 6.36. The van der Waals surface area contributed by atoms with E-state index in [1.807, 2.05) is 30.3 Å². The van der Waals surface area contributed by atoms with Crippen molar-refractivity contribution in [3.63, 3.8) is 0 Å². The van der Waals surface area contributed by atoms with Crippen molar-refractivity contribution in [2.45, 2.75) is 33.7 Å². The van der Waals surface area contributed by atoms with Gasteiger partial charge in [-0.2, -0.15) is 5.26 Å². The van der Waals surface area contributed by atoms with Gasteiger partial charge in [0.2, 0.25) is 5.91 Å². The van der Waals surface area contributed by atoms with Gasteiger partial charge >= 0.3 is 0 Å². The van der Waals surface area contributed by atoms with E-state index in [2.05, 4.69) is 39.1 Å². The molecule has 1 amide bonds. The van der Waals surface area contributed by atoms with Crippen LogP contribution < -0.4 is 5.32 Å². The van der Waals surface area contributed by atoms with Gasteiger partial charge in [0.1, 0.15) is 6.04 Å². The highest BCUT2D eigenvalue weighted by Gasteiger charge is 2.68. The van der Waals surface area contributed by atoms with Gasteiger partial charge in [0, 0.05) is 5.92 Å². The lowest BCUT2D eigenvalue weighted by Gasteiger charge is -2.12. The molecule has 19 heavy (non-hydrogen) atoms. The van der Waals surface area contributed by atoms with Gasteiger partial charge in [-0.25, -0.2) is 0 Å². The molecule has 3 heteroatoms. The molecule has 100 valence electrons. The van der Waals surface area contributed by atoms with E-state index in [9.17, 15) is 10.1 Å². The van der Waals surface area contributed by atoms with E-state index in [1.54, 1.807) is 0 Å². The van der Waals surface area contributed by atoms with Crippen LogP contribution in [0.2, 0.25) is 0 Å². The number of nitriles is 1. The van der Waals surface area contributed by atoms with Crippen LogP contribution in [-0.4, -0.2) is 5.91 Å². The molecule has 1 saturated carbocycles. The quantitative estimate of drug-likeness (QED) is 0.903. The largest absolute Gasteiger partial charge is 0.336 e. The molecule has 0 saturated heterocycles. The fourth-order valence-electron chi connectivity index (χ4n) is 2.91. The first-order valence-corrected chi connectivity index (χ1v) is 6.57. The number of carbonyl (C=O) groups is 1. The summed E-state index contributed by atoms with van der Waals surface area (Å²) in [4.78, 5) is 12.3. The van der Waals surface area contributed by atoms with E-state index in [1.165, 1.54) is 0 Å². The zero-order chi connectivity index (χ0) is 14.3. The van der Waals surface area contributed by atoms with Crippen molar-refractivity contribution in [1.82, 2.24) is 5.32 Å². The Balaban J connectivity index is 2.10. The summed E-state index contributed by atoms with van der Waals surface area (Å²) in [6.07, 6.45) is 0. The zero-order valence-corrected chi connectivity index (χ0v) is 11.9. The van der Waals surface area contributed by atoms with Gasteiger partial charge in [-0.05, 0) is 16.4 Å². The monoisotopic (exact) mass is 256 g/mol. The van der Waals surface area contributed by atoms with Crippen molar-refractivity contribution in [3.8, 4) is 6.07 Å². The van der Waals surface area contributed by atoms with Crippen LogP contribution in [0.15, 0.2) is 30.3 Å². The van der Waals surface area contributed by atoms with Crippen molar-refractivity contribution in [3.05, 3.63) is 35.9 Å². The lowest BCUT2D eigenvalue weighted by molar-refractivity contribution is -0.123. The lowest BCUT2D eigenvalue weighted by atomic mass is 10.0. The normalized spacial score (nSPS) is 21.2. The number of hydrogen-bond acceptors (Lipinski definition) is 2. The molecule has 1 unspecified atom stereocenters. The summed E-state index contributed by atoms with van der Waals surface area (Å²) in [5.41, 5.74) is 0.816. The van der Waals surface area contributed by atoms with Crippen molar-refractivity contribution < 1.29 is 4.79 Å². The van der Waals surface area contributed by atoms with Crippen molar-refractivity contribution in [1.29, 1.82) is 5.26 Å². The third kappa shape index (κ3) is 2.12. The van der Waals surface area contributed by atoms with Gasteiger partial charge in [-0.15, -0.1) is 0 Å². The topological polar surface area (TPSA) is 52.9 Å².